The van der Waals surface area contributed by atoms with Gasteiger partial charge in [0.2, 0.25) is 6.23 Å². The number of hydrogen-bond acceptors (Lipinski definition) is 7. The van der Waals surface area contributed by atoms with E-state index in [-0.39, 0.29) is 12.4 Å². The Balaban J connectivity index is 2.30. The molecule has 1 fully saturated rings. The summed E-state index contributed by atoms with van der Waals surface area (Å²) in [6.07, 6.45) is -4.35. The SMILES string of the molecule is COC[C@H]1O[C@@H](n2ccc(NC(=O)OC)nc2=O)C(F)(F)[C@H]1OC. The van der Waals surface area contributed by atoms with Gasteiger partial charge in [0.05, 0.1) is 13.7 Å². The molecule has 134 valence electrons. The maximum Gasteiger partial charge on any atom is 0.412 e. The fraction of sp³-hybridized carbons (Fsp3) is 0.615. The Hall–Kier alpha value is -2.11. The Kier molecular flexibility index (Phi) is 5.47. The van der Waals surface area contributed by atoms with E-state index in [1.54, 1.807) is 0 Å². The second-order valence-electron chi connectivity index (χ2n) is 4.93. The summed E-state index contributed by atoms with van der Waals surface area (Å²) in [6.45, 7) is -0.130. The first kappa shape index (κ1) is 18.2. The van der Waals surface area contributed by atoms with Gasteiger partial charge in [0.15, 0.2) is 6.10 Å². The molecule has 1 aromatic rings. The first-order valence-corrected chi connectivity index (χ1v) is 6.84. The zero-order chi connectivity index (χ0) is 17.9. The van der Waals surface area contributed by atoms with Crippen LogP contribution in [0.15, 0.2) is 17.1 Å². The number of hydrogen-bond donors (Lipinski definition) is 1. The van der Waals surface area contributed by atoms with E-state index in [4.69, 9.17) is 14.2 Å². The first-order valence-electron chi connectivity index (χ1n) is 6.84. The number of rotatable bonds is 5. The molecule has 2 heterocycles. The van der Waals surface area contributed by atoms with Gasteiger partial charge in [0.25, 0.3) is 0 Å². The topological polar surface area (TPSA) is 101 Å². The highest BCUT2D eigenvalue weighted by Gasteiger charge is 2.60. The quantitative estimate of drug-likeness (QED) is 0.831. The van der Waals surface area contributed by atoms with Crippen LogP contribution in [0, 0.1) is 0 Å². The lowest BCUT2D eigenvalue weighted by molar-refractivity contribution is -0.147. The number of methoxy groups -OCH3 is 3. The highest BCUT2D eigenvalue weighted by molar-refractivity contribution is 5.82. The molecule has 24 heavy (non-hydrogen) atoms. The summed E-state index contributed by atoms with van der Waals surface area (Å²) >= 11 is 0. The van der Waals surface area contributed by atoms with Crippen LogP contribution >= 0.6 is 0 Å². The van der Waals surface area contributed by atoms with Crippen LogP contribution < -0.4 is 11.0 Å². The average Bonchev–Trinajstić information content (AvgIpc) is 2.77. The predicted octanol–water partition coefficient (Wildman–Crippen LogP) is 0.616. The Labute approximate surface area is 135 Å². The zero-order valence-electron chi connectivity index (χ0n) is 13.2. The molecule has 0 aliphatic carbocycles. The van der Waals surface area contributed by atoms with Crippen molar-refractivity contribution < 1.29 is 32.5 Å². The van der Waals surface area contributed by atoms with Gasteiger partial charge in [-0.3, -0.25) is 9.88 Å². The van der Waals surface area contributed by atoms with Crippen LogP contribution in [0.2, 0.25) is 0 Å². The first-order chi connectivity index (χ1) is 11.3. The van der Waals surface area contributed by atoms with Gasteiger partial charge in [-0.1, -0.05) is 0 Å². The van der Waals surface area contributed by atoms with E-state index in [2.05, 4.69) is 15.0 Å². The number of aromatic nitrogens is 2. The minimum Gasteiger partial charge on any atom is -0.453 e. The molecule has 0 bridgehead atoms. The van der Waals surface area contributed by atoms with Crippen molar-refractivity contribution >= 4 is 11.9 Å². The lowest BCUT2D eigenvalue weighted by atomic mass is 10.1. The van der Waals surface area contributed by atoms with E-state index >= 15 is 0 Å². The lowest BCUT2D eigenvalue weighted by Crippen LogP contribution is -2.43. The van der Waals surface area contributed by atoms with Crippen LogP contribution in [0.25, 0.3) is 0 Å². The van der Waals surface area contributed by atoms with Crippen LogP contribution in [0.4, 0.5) is 19.4 Å². The second kappa shape index (κ2) is 7.20. The molecule has 1 N–H and O–H groups in total. The summed E-state index contributed by atoms with van der Waals surface area (Å²) < 4.78 is 48.9. The number of alkyl halides is 2. The van der Waals surface area contributed by atoms with Crippen molar-refractivity contribution in [3.05, 3.63) is 22.7 Å². The number of nitrogens with one attached hydrogen (secondary N) is 1. The fourth-order valence-electron chi connectivity index (χ4n) is 2.38. The van der Waals surface area contributed by atoms with Gasteiger partial charge >= 0.3 is 17.7 Å². The molecular formula is C13H17F2N3O6. The van der Waals surface area contributed by atoms with Crippen LogP contribution in [-0.2, 0) is 18.9 Å². The van der Waals surface area contributed by atoms with Gasteiger partial charge in [-0.25, -0.2) is 9.59 Å². The van der Waals surface area contributed by atoms with E-state index in [9.17, 15) is 18.4 Å². The summed E-state index contributed by atoms with van der Waals surface area (Å²) in [7, 11) is 3.59. The fourth-order valence-corrected chi connectivity index (χ4v) is 2.38. The average molecular weight is 349 g/mol. The molecule has 3 atom stereocenters. The van der Waals surface area contributed by atoms with Crippen molar-refractivity contribution in [1.29, 1.82) is 0 Å². The van der Waals surface area contributed by atoms with Crippen molar-refractivity contribution in [3.8, 4) is 0 Å². The van der Waals surface area contributed by atoms with Crippen LogP contribution in [0.3, 0.4) is 0 Å². The molecular weight excluding hydrogens is 332 g/mol. The van der Waals surface area contributed by atoms with Crippen LogP contribution in [0.1, 0.15) is 6.23 Å². The molecule has 0 unspecified atom stereocenters. The molecule has 11 heteroatoms. The third-order valence-corrected chi connectivity index (χ3v) is 3.43. The minimum atomic E-state index is -3.49. The van der Waals surface area contributed by atoms with E-state index in [0.717, 1.165) is 20.4 Å². The smallest absolute Gasteiger partial charge is 0.412 e. The molecule has 0 saturated carbocycles. The lowest BCUT2D eigenvalue weighted by Gasteiger charge is -2.23. The van der Waals surface area contributed by atoms with E-state index < -0.39 is 36.1 Å². The number of carbonyl (C=O) groups is 1. The van der Waals surface area contributed by atoms with Crippen molar-refractivity contribution in [3.63, 3.8) is 0 Å². The number of carbonyl (C=O) groups excluding carboxylic acids is 1. The third kappa shape index (κ3) is 3.37. The number of anilines is 1. The molecule has 0 spiro atoms. The Bertz CT molecular complexity index is 653. The number of nitrogens with zero attached hydrogens (tertiary/aromatic N) is 2. The molecule has 1 aliphatic heterocycles. The zero-order valence-corrected chi connectivity index (χ0v) is 13.2. The van der Waals surface area contributed by atoms with E-state index in [1.165, 1.54) is 13.2 Å². The maximum atomic E-state index is 14.5. The highest BCUT2D eigenvalue weighted by atomic mass is 19.3. The Morgan fingerprint density at radius 3 is 2.71 bits per heavy atom. The van der Waals surface area contributed by atoms with Crippen LogP contribution in [-0.4, -0.2) is 61.7 Å². The van der Waals surface area contributed by atoms with Gasteiger partial charge in [-0.2, -0.15) is 13.8 Å². The number of halogens is 2. The van der Waals surface area contributed by atoms with Gasteiger partial charge < -0.3 is 18.9 Å². The van der Waals surface area contributed by atoms with Crippen molar-refractivity contribution in [2.75, 3.05) is 33.3 Å². The van der Waals surface area contributed by atoms with Crippen LogP contribution in [0.5, 0.6) is 0 Å². The minimum absolute atomic E-state index is 0.130. The molecule has 9 nitrogen and oxygen atoms in total. The number of amides is 1. The highest BCUT2D eigenvalue weighted by Crippen LogP contribution is 2.43. The Morgan fingerprint density at radius 2 is 2.17 bits per heavy atom. The van der Waals surface area contributed by atoms with Crippen molar-refractivity contribution in [2.45, 2.75) is 24.4 Å². The normalized spacial score (nSPS) is 25.5. The maximum absolute atomic E-state index is 14.5. The van der Waals surface area contributed by atoms with Crippen molar-refractivity contribution in [1.82, 2.24) is 9.55 Å². The molecule has 1 saturated heterocycles. The molecule has 1 aromatic heterocycles. The predicted molar refractivity (Wildman–Crippen MR) is 76.1 cm³/mol. The summed E-state index contributed by atoms with van der Waals surface area (Å²) in [4.78, 5) is 26.6. The molecule has 0 radical (unpaired) electrons. The molecule has 1 amide bonds. The monoisotopic (exact) mass is 349 g/mol. The van der Waals surface area contributed by atoms with Gasteiger partial charge in [-0.05, 0) is 6.07 Å². The molecule has 1 aliphatic rings. The van der Waals surface area contributed by atoms with E-state index in [1.807, 2.05) is 0 Å². The summed E-state index contributed by atoms with van der Waals surface area (Å²) in [5.74, 6) is -3.62. The van der Waals surface area contributed by atoms with Gasteiger partial charge in [0, 0.05) is 20.4 Å². The third-order valence-electron chi connectivity index (χ3n) is 3.43. The van der Waals surface area contributed by atoms with Gasteiger partial charge in [-0.15, -0.1) is 0 Å². The van der Waals surface area contributed by atoms with E-state index in [0.29, 0.717) is 4.57 Å². The standard InChI is InChI=1S/C13H17F2N3O6/c1-21-6-7-9(22-2)13(14,15)10(24-7)18-5-4-8(16-11(18)19)17-12(20)23-3/h4-5,7,9-10H,6H2,1-3H3,(H,16,17,19,20)/t7-,9+,10-/m1/s1. The summed E-state index contributed by atoms with van der Waals surface area (Å²) in [6, 6.07) is 1.17. The Morgan fingerprint density at radius 1 is 1.46 bits per heavy atom. The van der Waals surface area contributed by atoms with Gasteiger partial charge in [0.1, 0.15) is 11.9 Å². The summed E-state index contributed by atoms with van der Waals surface area (Å²) in [5, 5.41) is 2.16. The summed E-state index contributed by atoms with van der Waals surface area (Å²) in [5.41, 5.74) is -1.03. The molecule has 0 aromatic carbocycles. The molecule has 2 rings (SSSR count). The van der Waals surface area contributed by atoms with Crippen molar-refractivity contribution in [2.24, 2.45) is 0 Å². The second-order valence-corrected chi connectivity index (χ2v) is 4.93. The largest absolute Gasteiger partial charge is 0.453 e. The number of ether oxygens (including phenoxy) is 4.